The van der Waals surface area contributed by atoms with Crippen molar-refractivity contribution in [2.75, 3.05) is 77.5 Å². The zero-order valence-electron chi connectivity index (χ0n) is 56.0. The molecule has 3 aliphatic rings. The number of carbonyl (C=O) groups excluding carboxylic acids is 5. The normalized spacial score (nSPS) is 17.0. The van der Waals surface area contributed by atoms with Crippen LogP contribution < -0.4 is 26.4 Å². The lowest BCUT2D eigenvalue weighted by Crippen LogP contribution is -2.57. The van der Waals surface area contributed by atoms with Gasteiger partial charge in [0.05, 0.1) is 28.7 Å². The number of hydrogen-bond donors (Lipinski definition) is 4. The van der Waals surface area contributed by atoms with Gasteiger partial charge in [-0.15, -0.1) is 11.3 Å². The topological polar surface area (TPSA) is 202 Å². The van der Waals surface area contributed by atoms with Crippen molar-refractivity contribution in [1.29, 1.82) is 0 Å². The third-order valence-electron chi connectivity index (χ3n) is 18.8. The molecule has 0 bridgehead atoms. The molecule has 3 fully saturated rings. The van der Waals surface area contributed by atoms with Gasteiger partial charge < -0.3 is 50.0 Å². The third kappa shape index (κ3) is 19.2. The fraction of sp³-hybridized carbons (Fsp3) is 0.569. The zero-order valence-corrected chi connectivity index (χ0v) is 56.8. The fourth-order valence-electron chi connectivity index (χ4n) is 13.0. The van der Waals surface area contributed by atoms with Crippen LogP contribution in [0, 0.1) is 33.1 Å². The van der Waals surface area contributed by atoms with Gasteiger partial charge in [0.2, 0.25) is 23.6 Å². The Morgan fingerprint density at radius 1 is 0.780 bits per heavy atom. The van der Waals surface area contributed by atoms with Gasteiger partial charge >= 0.3 is 0 Å². The van der Waals surface area contributed by atoms with Crippen LogP contribution >= 0.6 is 11.3 Å². The summed E-state index contributed by atoms with van der Waals surface area (Å²) in [6.07, 6.45) is 9.87. The molecule has 0 unspecified atom stereocenters. The molecule has 5 amide bonds. The first kappa shape index (κ1) is 70.1. The quantitative estimate of drug-likeness (QED) is 0.0331. The molecule has 0 spiro atoms. The Labute approximate surface area is 544 Å². The highest BCUT2D eigenvalue weighted by atomic mass is 32.1. The number of piperazine rings is 1. The monoisotopic (exact) mass is 1270 g/mol. The molecule has 0 saturated carbocycles. The molecule has 3 saturated heterocycles. The van der Waals surface area contributed by atoms with E-state index in [1.54, 1.807) is 34.9 Å². The van der Waals surface area contributed by atoms with E-state index in [0.717, 1.165) is 172 Å². The van der Waals surface area contributed by atoms with E-state index >= 15 is 0 Å². The van der Waals surface area contributed by atoms with Gasteiger partial charge in [-0.25, -0.2) is 4.98 Å². The van der Waals surface area contributed by atoms with Crippen LogP contribution in [0.4, 0.5) is 5.69 Å². The van der Waals surface area contributed by atoms with Crippen molar-refractivity contribution in [2.24, 2.45) is 12.5 Å². The van der Waals surface area contributed by atoms with E-state index in [1.165, 1.54) is 10.5 Å². The van der Waals surface area contributed by atoms with E-state index in [2.05, 4.69) is 79.8 Å². The van der Waals surface area contributed by atoms with E-state index in [0.29, 0.717) is 43.0 Å². The number of rotatable bonds is 29. The Morgan fingerprint density at radius 2 is 1.42 bits per heavy atom. The summed E-state index contributed by atoms with van der Waals surface area (Å²) in [6.45, 7) is 24.5. The molecule has 18 nitrogen and oxygen atoms in total. The molecule has 494 valence electrons. The summed E-state index contributed by atoms with van der Waals surface area (Å²) in [5.74, 6) is -0.897. The molecule has 4 N–H and O–H groups in total. The second-order valence-electron chi connectivity index (χ2n) is 26.7. The smallest absolute Gasteiger partial charge is 0.255 e. The number of carbonyl (C=O) groups is 5. The number of aliphatic hydroxyl groups is 1. The van der Waals surface area contributed by atoms with Crippen LogP contribution in [0.1, 0.15) is 161 Å². The van der Waals surface area contributed by atoms with Gasteiger partial charge in [0, 0.05) is 141 Å². The van der Waals surface area contributed by atoms with Gasteiger partial charge in [-0.05, 0) is 123 Å². The number of hydrogen-bond acceptors (Lipinski definition) is 13. The number of anilines is 1. The lowest BCUT2D eigenvalue weighted by atomic mass is 9.85. The van der Waals surface area contributed by atoms with Crippen molar-refractivity contribution in [2.45, 2.75) is 183 Å². The molecule has 19 heteroatoms. The standard InChI is InChI=1S/C72H102N10O8S/c1-11-81(58-30-38-90-39-31-58)62-42-57(41-60(51(62)4)69(87)77(9)47-61-49(2)40-50(3)78(10)70(61)88)55-25-23-54(24-26-55)45-80-36-34-79(35-37-80)33-29-64(84)73-32-19-17-15-13-12-14-16-18-20-65(85)76-67(72(6,7)8)71(89)82-46-59(83)43-63(82)68(86)74-44-53-21-27-56(28-22-53)66-52(5)75-48-91-66/h21-28,40-42,48,58-59,63,67,83H,11-20,29-39,43-47H2,1-10H3,(H,73,84)(H,74,86)(H,76,85)/t59-,63+,67-/m1/s1. The van der Waals surface area contributed by atoms with Gasteiger partial charge in [0.1, 0.15) is 12.1 Å². The molecule has 0 aliphatic carbocycles. The van der Waals surface area contributed by atoms with E-state index in [-0.39, 0.29) is 61.2 Å². The van der Waals surface area contributed by atoms with Crippen molar-refractivity contribution in [3.05, 3.63) is 127 Å². The SMILES string of the molecule is CCN(c1cc(-c2ccc(CN3CCN(CCC(=O)NCCCCCCCCCCC(=O)N[C@H](C(=O)N4C[C@H](O)C[C@H]4C(=O)NCc4ccc(-c5scnc5C)cc4)C(C)(C)C)CC3)cc2)cc(C(=O)N(C)Cc2c(C)cc(C)n(C)c2=O)c1C)C1CCOCC1. The second kappa shape index (κ2) is 33.2. The fourth-order valence-corrected chi connectivity index (χ4v) is 13.8. The van der Waals surface area contributed by atoms with Gasteiger partial charge in [-0.1, -0.05) is 108 Å². The number of unbranched alkanes of at least 4 members (excludes halogenated alkanes) is 7. The van der Waals surface area contributed by atoms with Crippen LogP contribution in [-0.2, 0) is 50.6 Å². The minimum absolute atomic E-state index is 0.0313. The first-order chi connectivity index (χ1) is 43.6. The Kier molecular flexibility index (Phi) is 25.6. The first-order valence-corrected chi connectivity index (χ1v) is 34.2. The Morgan fingerprint density at radius 3 is 2.07 bits per heavy atom. The van der Waals surface area contributed by atoms with Crippen LogP contribution in [0.15, 0.2) is 77.0 Å². The third-order valence-corrected chi connectivity index (χ3v) is 19.8. The van der Waals surface area contributed by atoms with Gasteiger partial charge in [0.15, 0.2) is 0 Å². The zero-order chi connectivity index (χ0) is 65.4. The van der Waals surface area contributed by atoms with Crippen LogP contribution in [0.2, 0.25) is 0 Å². The number of nitrogens with one attached hydrogen (secondary N) is 3. The molecule has 3 aliphatic heterocycles. The van der Waals surface area contributed by atoms with E-state index in [1.807, 2.05) is 83.5 Å². The van der Waals surface area contributed by atoms with Crippen molar-refractivity contribution in [1.82, 2.24) is 45.1 Å². The Hall–Kier alpha value is -6.77. The Bertz CT molecular complexity index is 3310. The highest BCUT2D eigenvalue weighted by Crippen LogP contribution is 2.36. The molecular formula is C72H102N10O8S. The number of aromatic nitrogens is 2. The predicted octanol–water partition coefficient (Wildman–Crippen LogP) is 9.63. The summed E-state index contributed by atoms with van der Waals surface area (Å²) in [5.41, 5.74) is 12.4. The molecule has 3 aromatic carbocycles. The summed E-state index contributed by atoms with van der Waals surface area (Å²) < 4.78 is 7.39. The average Bonchev–Trinajstić information content (AvgIpc) is 1.93. The second-order valence-corrected chi connectivity index (χ2v) is 27.6. The number of likely N-dealkylation sites (tertiary alicyclic amines) is 1. The molecule has 8 rings (SSSR count). The van der Waals surface area contributed by atoms with Crippen LogP contribution in [0.3, 0.4) is 0 Å². The lowest BCUT2D eigenvalue weighted by molar-refractivity contribution is -0.144. The maximum atomic E-state index is 14.5. The number of nitrogens with zero attached hydrogens (tertiary/aromatic N) is 7. The van der Waals surface area contributed by atoms with Crippen molar-refractivity contribution < 1.29 is 33.8 Å². The number of aliphatic hydroxyl groups excluding tert-OH is 1. The van der Waals surface area contributed by atoms with E-state index in [4.69, 9.17) is 4.74 Å². The highest BCUT2D eigenvalue weighted by Gasteiger charge is 2.44. The van der Waals surface area contributed by atoms with Gasteiger partial charge in [-0.3, -0.25) is 33.7 Å². The number of amides is 5. The number of pyridine rings is 1. The number of thiazole rings is 1. The van der Waals surface area contributed by atoms with Crippen LogP contribution in [-0.4, -0.2) is 161 Å². The van der Waals surface area contributed by atoms with E-state index in [9.17, 15) is 33.9 Å². The molecular weight excluding hydrogens is 1160 g/mol. The minimum Gasteiger partial charge on any atom is -0.391 e. The summed E-state index contributed by atoms with van der Waals surface area (Å²) in [7, 11) is 3.56. The number of ether oxygens (including phenoxy) is 1. The molecule has 0 radical (unpaired) electrons. The number of aryl methyl sites for hydroxylation is 3. The first-order valence-electron chi connectivity index (χ1n) is 33.4. The summed E-state index contributed by atoms with van der Waals surface area (Å²) in [4.78, 5) is 97.4. The summed E-state index contributed by atoms with van der Waals surface area (Å²) >= 11 is 1.58. The van der Waals surface area contributed by atoms with Gasteiger partial charge in [-0.2, -0.15) is 0 Å². The molecule has 91 heavy (non-hydrogen) atoms. The average molecular weight is 1270 g/mol. The largest absolute Gasteiger partial charge is 0.391 e. The number of benzene rings is 3. The number of β-amino-alcohol motifs (C(OH)–C–C–N with tert-alkyl or cyclic N) is 1. The summed E-state index contributed by atoms with van der Waals surface area (Å²) in [5, 5.41) is 19.7. The van der Waals surface area contributed by atoms with Crippen LogP contribution in [0.5, 0.6) is 0 Å². The van der Waals surface area contributed by atoms with E-state index < -0.39 is 23.6 Å². The highest BCUT2D eigenvalue weighted by molar-refractivity contribution is 7.13. The molecule has 2 aromatic heterocycles. The predicted molar refractivity (Wildman–Crippen MR) is 363 cm³/mol. The Balaban J connectivity index is 0.692. The van der Waals surface area contributed by atoms with Gasteiger partial charge in [0.25, 0.3) is 11.5 Å². The van der Waals surface area contributed by atoms with Crippen LogP contribution in [0.25, 0.3) is 21.6 Å². The van der Waals surface area contributed by atoms with Crippen molar-refractivity contribution >= 4 is 46.6 Å². The van der Waals surface area contributed by atoms with Crippen molar-refractivity contribution in [3.63, 3.8) is 0 Å². The van der Waals surface area contributed by atoms with Crippen molar-refractivity contribution in [3.8, 4) is 21.6 Å². The lowest BCUT2D eigenvalue weighted by Gasteiger charge is -2.37. The molecule has 5 aromatic rings. The minimum atomic E-state index is -0.853. The summed E-state index contributed by atoms with van der Waals surface area (Å²) in [6, 6.07) is 21.6. The molecule has 5 heterocycles. The maximum Gasteiger partial charge on any atom is 0.255 e. The molecule has 3 atom stereocenters. The maximum absolute atomic E-state index is 14.5.